The number of ether oxygens (including phenoxy) is 1. The van der Waals surface area contributed by atoms with Crippen molar-refractivity contribution < 1.29 is 13.9 Å². The van der Waals surface area contributed by atoms with Crippen LogP contribution in [0.5, 0.6) is 5.75 Å². The number of para-hydroxylation sites is 1. The van der Waals surface area contributed by atoms with Crippen molar-refractivity contribution >= 4 is 12.1 Å². The predicted octanol–water partition coefficient (Wildman–Crippen LogP) is 1.95. The summed E-state index contributed by atoms with van der Waals surface area (Å²) in [6.45, 7) is -0.0520. The molecule has 0 radical (unpaired) electrons. The fraction of sp³-hybridized carbons (Fsp3) is 0.0714. The highest BCUT2D eigenvalue weighted by Crippen LogP contribution is 2.15. The smallest absolute Gasteiger partial charge is 0.307 e. The summed E-state index contributed by atoms with van der Waals surface area (Å²) in [5, 5.41) is 12.3. The van der Waals surface area contributed by atoms with Crippen LogP contribution in [0.3, 0.4) is 0 Å². The lowest BCUT2D eigenvalue weighted by Gasteiger charge is -2.04. The van der Waals surface area contributed by atoms with E-state index in [0.29, 0.717) is 11.3 Å². The Balaban J connectivity index is 2.01. The Bertz CT molecular complexity index is 642. The fourth-order valence-electron chi connectivity index (χ4n) is 1.45. The summed E-state index contributed by atoms with van der Waals surface area (Å²) in [7, 11) is 0. The molecule has 0 atom stereocenters. The molecular weight excluding hydrogens is 258 g/mol. The molecule has 0 aliphatic rings. The van der Waals surface area contributed by atoms with E-state index in [4.69, 9.17) is 14.4 Å². The lowest BCUT2D eigenvalue weighted by molar-refractivity contribution is 0.0927. The molecule has 1 N–H and O–H groups in total. The van der Waals surface area contributed by atoms with Crippen LogP contribution in [0.2, 0.25) is 0 Å². The molecule has 20 heavy (non-hydrogen) atoms. The van der Waals surface area contributed by atoms with E-state index in [1.807, 2.05) is 6.07 Å². The molecule has 0 saturated carbocycles. The number of carbonyl (C=O) groups is 1. The molecule has 0 fully saturated rings. The van der Waals surface area contributed by atoms with Crippen molar-refractivity contribution in [3.8, 4) is 11.8 Å². The SMILES string of the molecule is N#CCOc1ccccc1/C=N\NC(=O)c1ccco1. The molecule has 1 heterocycles. The first-order valence-corrected chi connectivity index (χ1v) is 5.77. The number of nitriles is 1. The number of hydrazone groups is 1. The van der Waals surface area contributed by atoms with Gasteiger partial charge in [0.15, 0.2) is 12.4 Å². The van der Waals surface area contributed by atoms with Gasteiger partial charge in [-0.15, -0.1) is 0 Å². The minimum absolute atomic E-state index is 0.0520. The van der Waals surface area contributed by atoms with Crippen LogP contribution in [-0.2, 0) is 0 Å². The van der Waals surface area contributed by atoms with E-state index in [9.17, 15) is 4.79 Å². The molecular formula is C14H11N3O3. The van der Waals surface area contributed by atoms with E-state index in [2.05, 4.69) is 10.5 Å². The number of nitrogens with one attached hydrogen (secondary N) is 1. The molecule has 100 valence electrons. The number of amides is 1. The molecule has 2 aromatic rings. The Morgan fingerprint density at radius 3 is 3.00 bits per heavy atom. The van der Waals surface area contributed by atoms with E-state index in [-0.39, 0.29) is 12.4 Å². The Labute approximate surface area is 115 Å². The van der Waals surface area contributed by atoms with Crippen LogP contribution >= 0.6 is 0 Å². The Hall–Kier alpha value is -3.07. The molecule has 1 amide bonds. The number of hydrogen-bond donors (Lipinski definition) is 1. The second-order valence-corrected chi connectivity index (χ2v) is 3.66. The molecule has 6 nitrogen and oxygen atoms in total. The van der Waals surface area contributed by atoms with Crippen LogP contribution < -0.4 is 10.2 Å². The normalized spacial score (nSPS) is 10.2. The highest BCUT2D eigenvalue weighted by atomic mass is 16.5. The van der Waals surface area contributed by atoms with E-state index in [0.717, 1.165) is 0 Å². The molecule has 2 rings (SSSR count). The number of rotatable bonds is 5. The highest BCUT2D eigenvalue weighted by molar-refractivity contribution is 5.92. The van der Waals surface area contributed by atoms with E-state index in [1.165, 1.54) is 18.5 Å². The molecule has 0 spiro atoms. The van der Waals surface area contributed by atoms with E-state index in [1.54, 1.807) is 30.3 Å². The van der Waals surface area contributed by atoms with Crippen LogP contribution in [0.4, 0.5) is 0 Å². The molecule has 1 aromatic carbocycles. The second-order valence-electron chi connectivity index (χ2n) is 3.66. The van der Waals surface area contributed by atoms with Gasteiger partial charge < -0.3 is 9.15 Å². The predicted molar refractivity (Wildman–Crippen MR) is 71.3 cm³/mol. The molecule has 0 bridgehead atoms. The summed E-state index contributed by atoms with van der Waals surface area (Å²) in [6.07, 6.45) is 2.84. The summed E-state index contributed by atoms with van der Waals surface area (Å²) in [4.78, 5) is 11.6. The minimum atomic E-state index is -0.443. The number of nitrogens with zero attached hydrogens (tertiary/aromatic N) is 2. The van der Waals surface area contributed by atoms with Gasteiger partial charge >= 0.3 is 5.91 Å². The standard InChI is InChI=1S/C14H11N3O3/c15-7-9-20-12-5-2-1-4-11(12)10-16-17-14(18)13-6-3-8-19-13/h1-6,8,10H,9H2,(H,17,18)/b16-10-. The molecule has 6 heteroatoms. The summed E-state index contributed by atoms with van der Waals surface area (Å²) in [6, 6.07) is 12.1. The molecule has 1 aromatic heterocycles. The maximum Gasteiger partial charge on any atom is 0.307 e. The third kappa shape index (κ3) is 3.46. The van der Waals surface area contributed by atoms with Gasteiger partial charge in [0.05, 0.1) is 12.5 Å². The van der Waals surface area contributed by atoms with Crippen molar-refractivity contribution in [2.45, 2.75) is 0 Å². The first-order chi connectivity index (χ1) is 9.81. The van der Waals surface area contributed by atoms with Gasteiger partial charge in [-0.25, -0.2) is 5.43 Å². The summed E-state index contributed by atoms with van der Waals surface area (Å²) >= 11 is 0. The Kier molecular flexibility index (Phi) is 4.51. The maximum atomic E-state index is 11.6. The van der Waals surface area contributed by atoms with Crippen molar-refractivity contribution in [2.24, 2.45) is 5.10 Å². The number of carbonyl (C=O) groups excluding carboxylic acids is 1. The lowest BCUT2D eigenvalue weighted by Crippen LogP contribution is -2.16. The Morgan fingerprint density at radius 1 is 1.40 bits per heavy atom. The van der Waals surface area contributed by atoms with Crippen molar-refractivity contribution in [1.82, 2.24) is 5.43 Å². The molecule has 0 aliphatic carbocycles. The second kappa shape index (κ2) is 6.75. The van der Waals surface area contributed by atoms with Crippen molar-refractivity contribution in [3.05, 3.63) is 54.0 Å². The van der Waals surface area contributed by atoms with Crippen molar-refractivity contribution in [1.29, 1.82) is 5.26 Å². The summed E-state index contributed by atoms with van der Waals surface area (Å²) in [5.41, 5.74) is 2.99. The lowest BCUT2D eigenvalue weighted by atomic mass is 10.2. The monoisotopic (exact) mass is 269 g/mol. The van der Waals surface area contributed by atoms with Gasteiger partial charge in [-0.2, -0.15) is 10.4 Å². The van der Waals surface area contributed by atoms with Crippen LogP contribution in [-0.4, -0.2) is 18.7 Å². The zero-order chi connectivity index (χ0) is 14.2. The number of benzene rings is 1. The minimum Gasteiger partial charge on any atom is -0.478 e. The van der Waals surface area contributed by atoms with Gasteiger partial charge in [-0.1, -0.05) is 12.1 Å². The zero-order valence-electron chi connectivity index (χ0n) is 10.4. The molecule has 0 aliphatic heterocycles. The quantitative estimate of drug-likeness (QED) is 0.663. The van der Waals surface area contributed by atoms with Crippen LogP contribution in [0.1, 0.15) is 16.1 Å². The molecule has 0 unspecified atom stereocenters. The van der Waals surface area contributed by atoms with Gasteiger partial charge in [-0.05, 0) is 24.3 Å². The zero-order valence-corrected chi connectivity index (χ0v) is 10.4. The summed E-state index contributed by atoms with van der Waals surface area (Å²) < 4.78 is 10.2. The molecule has 0 saturated heterocycles. The van der Waals surface area contributed by atoms with Gasteiger partial charge in [0, 0.05) is 5.56 Å². The number of furan rings is 1. The largest absolute Gasteiger partial charge is 0.478 e. The van der Waals surface area contributed by atoms with Crippen LogP contribution in [0.15, 0.2) is 52.2 Å². The highest BCUT2D eigenvalue weighted by Gasteiger charge is 2.06. The van der Waals surface area contributed by atoms with Gasteiger partial charge in [0.2, 0.25) is 0 Å². The van der Waals surface area contributed by atoms with Crippen LogP contribution in [0, 0.1) is 11.3 Å². The van der Waals surface area contributed by atoms with E-state index < -0.39 is 5.91 Å². The summed E-state index contributed by atoms with van der Waals surface area (Å²) in [5.74, 6) is 0.253. The van der Waals surface area contributed by atoms with E-state index >= 15 is 0 Å². The fourth-order valence-corrected chi connectivity index (χ4v) is 1.45. The Morgan fingerprint density at radius 2 is 2.25 bits per heavy atom. The third-order valence-electron chi connectivity index (χ3n) is 2.33. The average Bonchev–Trinajstić information content (AvgIpc) is 3.00. The number of hydrogen-bond acceptors (Lipinski definition) is 5. The topological polar surface area (TPSA) is 87.6 Å². The first-order valence-electron chi connectivity index (χ1n) is 5.77. The van der Waals surface area contributed by atoms with Crippen molar-refractivity contribution in [3.63, 3.8) is 0 Å². The van der Waals surface area contributed by atoms with Crippen LogP contribution in [0.25, 0.3) is 0 Å². The van der Waals surface area contributed by atoms with Gasteiger partial charge in [-0.3, -0.25) is 4.79 Å². The third-order valence-corrected chi connectivity index (χ3v) is 2.33. The van der Waals surface area contributed by atoms with Crippen molar-refractivity contribution in [2.75, 3.05) is 6.61 Å². The first kappa shape index (κ1) is 13.4. The average molecular weight is 269 g/mol. The van der Waals surface area contributed by atoms with Gasteiger partial charge in [0.25, 0.3) is 0 Å². The van der Waals surface area contributed by atoms with Gasteiger partial charge in [0.1, 0.15) is 11.8 Å². The maximum absolute atomic E-state index is 11.6.